The summed E-state index contributed by atoms with van der Waals surface area (Å²) in [5.74, 6) is 0.603. The topological polar surface area (TPSA) is 88.2 Å². The van der Waals surface area contributed by atoms with Crippen molar-refractivity contribution in [3.05, 3.63) is 58.5 Å². The van der Waals surface area contributed by atoms with Crippen LogP contribution in [0.15, 0.2) is 47.4 Å². The Kier molecular flexibility index (Phi) is 6.88. The highest BCUT2D eigenvalue weighted by molar-refractivity contribution is 8.18. The van der Waals surface area contributed by atoms with Gasteiger partial charge in [-0.2, -0.15) is 0 Å². The molecule has 8 nitrogen and oxygen atoms in total. The molecule has 9 heteroatoms. The van der Waals surface area contributed by atoms with E-state index in [9.17, 15) is 14.4 Å². The van der Waals surface area contributed by atoms with Crippen LogP contribution in [0.25, 0.3) is 6.08 Å². The van der Waals surface area contributed by atoms with Crippen molar-refractivity contribution < 1.29 is 23.9 Å². The number of carbonyl (C=O) groups excluding carboxylic acids is 3. The number of anilines is 1. The highest BCUT2D eigenvalue weighted by Crippen LogP contribution is 2.34. The first-order valence-corrected chi connectivity index (χ1v) is 11.4. The minimum absolute atomic E-state index is 0.121. The van der Waals surface area contributed by atoms with Gasteiger partial charge in [0.15, 0.2) is 11.5 Å². The van der Waals surface area contributed by atoms with Crippen LogP contribution in [0.3, 0.4) is 0 Å². The molecular formula is C24H25N3O5S. The Labute approximate surface area is 196 Å². The van der Waals surface area contributed by atoms with Crippen LogP contribution in [0, 0.1) is 0 Å². The Hall–Kier alpha value is -3.46. The van der Waals surface area contributed by atoms with E-state index in [-0.39, 0.29) is 36.7 Å². The predicted molar refractivity (Wildman–Crippen MR) is 128 cm³/mol. The third-order valence-electron chi connectivity index (χ3n) is 5.55. The molecule has 2 aromatic carbocycles. The number of nitrogens with one attached hydrogen (secondary N) is 1. The van der Waals surface area contributed by atoms with Crippen LogP contribution in [0.4, 0.5) is 10.5 Å². The summed E-state index contributed by atoms with van der Waals surface area (Å²) < 4.78 is 10.5. The average molecular weight is 468 g/mol. The summed E-state index contributed by atoms with van der Waals surface area (Å²) in [6.07, 6.45) is 2.57. The van der Waals surface area contributed by atoms with Gasteiger partial charge in [-0.15, -0.1) is 0 Å². The fraction of sp³-hybridized carbons (Fsp3) is 0.292. The van der Waals surface area contributed by atoms with Crippen molar-refractivity contribution >= 4 is 40.6 Å². The highest BCUT2D eigenvalue weighted by Gasteiger charge is 2.34. The number of fused-ring (bicyclic) bond motifs is 1. The number of hydrogen-bond donors (Lipinski definition) is 1. The third-order valence-corrected chi connectivity index (χ3v) is 6.46. The zero-order valence-electron chi connectivity index (χ0n) is 18.5. The SMILES string of the molecule is COc1ccc(/C=C2/SC(=O)N(CCNC(=O)CN3CCc4ccccc43)C2=O)cc1OC. The summed E-state index contributed by atoms with van der Waals surface area (Å²) in [5.41, 5.74) is 3.04. The van der Waals surface area contributed by atoms with Gasteiger partial charge in [0.25, 0.3) is 11.1 Å². The Morgan fingerprint density at radius 3 is 2.70 bits per heavy atom. The normalized spacial score (nSPS) is 16.4. The molecule has 0 bridgehead atoms. The first kappa shape index (κ1) is 22.7. The first-order valence-electron chi connectivity index (χ1n) is 10.6. The van der Waals surface area contributed by atoms with Crippen molar-refractivity contribution in [3.63, 3.8) is 0 Å². The molecule has 2 aliphatic rings. The van der Waals surface area contributed by atoms with Gasteiger partial charge in [0.2, 0.25) is 5.91 Å². The standard InChI is InChI=1S/C24H25N3O5S/c1-31-19-8-7-16(13-20(19)32-2)14-21-23(29)27(24(30)33-21)12-10-25-22(28)15-26-11-9-17-5-3-4-6-18(17)26/h3-8,13-14H,9-12,15H2,1-2H3,(H,25,28)/b21-14+. The van der Waals surface area contributed by atoms with E-state index in [2.05, 4.69) is 11.4 Å². The Balaban J connectivity index is 1.31. The molecule has 172 valence electrons. The minimum Gasteiger partial charge on any atom is -0.493 e. The van der Waals surface area contributed by atoms with Crippen molar-refractivity contribution in [1.82, 2.24) is 10.2 Å². The van der Waals surface area contributed by atoms with Gasteiger partial charge in [0, 0.05) is 25.3 Å². The van der Waals surface area contributed by atoms with E-state index in [1.165, 1.54) is 12.7 Å². The van der Waals surface area contributed by atoms with E-state index in [0.29, 0.717) is 16.4 Å². The molecule has 0 unspecified atom stereocenters. The van der Waals surface area contributed by atoms with Crippen molar-refractivity contribution in [2.75, 3.05) is 45.3 Å². The lowest BCUT2D eigenvalue weighted by Gasteiger charge is -2.19. The second kappa shape index (κ2) is 9.99. The first-order chi connectivity index (χ1) is 16.0. The van der Waals surface area contributed by atoms with Crippen LogP contribution in [-0.4, -0.2) is 62.4 Å². The van der Waals surface area contributed by atoms with Gasteiger partial charge in [-0.1, -0.05) is 24.3 Å². The Morgan fingerprint density at radius 2 is 1.91 bits per heavy atom. The van der Waals surface area contributed by atoms with Gasteiger partial charge < -0.3 is 19.7 Å². The monoisotopic (exact) mass is 467 g/mol. The molecule has 0 aliphatic carbocycles. The summed E-state index contributed by atoms with van der Waals surface area (Å²) in [4.78, 5) is 41.0. The maximum Gasteiger partial charge on any atom is 0.293 e. The number of benzene rings is 2. The second-order valence-corrected chi connectivity index (χ2v) is 8.59. The van der Waals surface area contributed by atoms with Gasteiger partial charge in [-0.3, -0.25) is 19.3 Å². The lowest BCUT2D eigenvalue weighted by molar-refractivity contribution is -0.124. The Morgan fingerprint density at radius 1 is 1.12 bits per heavy atom. The molecule has 2 heterocycles. The number of para-hydroxylation sites is 1. The van der Waals surface area contributed by atoms with E-state index in [1.54, 1.807) is 31.4 Å². The summed E-state index contributed by atoms with van der Waals surface area (Å²) in [6, 6.07) is 13.3. The minimum atomic E-state index is -0.373. The Bertz CT molecular complexity index is 1120. The smallest absolute Gasteiger partial charge is 0.293 e. The van der Waals surface area contributed by atoms with E-state index in [4.69, 9.17) is 9.47 Å². The van der Waals surface area contributed by atoms with Crippen LogP contribution < -0.4 is 19.7 Å². The van der Waals surface area contributed by atoms with Gasteiger partial charge in [0.1, 0.15) is 0 Å². The van der Waals surface area contributed by atoms with Gasteiger partial charge in [-0.05, 0) is 53.6 Å². The van der Waals surface area contributed by atoms with Gasteiger partial charge in [0.05, 0.1) is 25.7 Å². The highest BCUT2D eigenvalue weighted by atomic mass is 32.2. The molecule has 33 heavy (non-hydrogen) atoms. The molecule has 1 N–H and O–H groups in total. The number of amides is 3. The molecule has 0 saturated carbocycles. The van der Waals surface area contributed by atoms with Crippen LogP contribution >= 0.6 is 11.8 Å². The molecule has 1 fully saturated rings. The average Bonchev–Trinajstić information content (AvgIpc) is 3.34. The molecule has 3 amide bonds. The molecule has 0 radical (unpaired) electrons. The number of methoxy groups -OCH3 is 2. The predicted octanol–water partition coefficient (Wildman–Crippen LogP) is 2.92. The molecule has 0 spiro atoms. The van der Waals surface area contributed by atoms with E-state index < -0.39 is 0 Å². The number of carbonyl (C=O) groups is 3. The van der Waals surface area contributed by atoms with Gasteiger partial charge >= 0.3 is 0 Å². The summed E-state index contributed by atoms with van der Waals surface area (Å²) in [6.45, 7) is 1.38. The van der Waals surface area contributed by atoms with Crippen molar-refractivity contribution in [3.8, 4) is 11.5 Å². The van der Waals surface area contributed by atoms with Crippen LogP contribution in [-0.2, 0) is 16.0 Å². The maximum atomic E-state index is 12.7. The fourth-order valence-corrected chi connectivity index (χ4v) is 4.76. The molecule has 0 aromatic heterocycles. The van der Waals surface area contributed by atoms with Crippen LogP contribution in [0.5, 0.6) is 11.5 Å². The lowest BCUT2D eigenvalue weighted by Crippen LogP contribution is -2.41. The van der Waals surface area contributed by atoms with E-state index >= 15 is 0 Å². The van der Waals surface area contributed by atoms with Crippen LogP contribution in [0.2, 0.25) is 0 Å². The summed E-state index contributed by atoms with van der Waals surface area (Å²) in [7, 11) is 3.08. The van der Waals surface area contributed by atoms with Crippen molar-refractivity contribution in [1.29, 1.82) is 0 Å². The number of ether oxygens (including phenoxy) is 2. The lowest BCUT2D eigenvalue weighted by atomic mass is 10.2. The van der Waals surface area contributed by atoms with E-state index in [1.807, 2.05) is 23.1 Å². The zero-order valence-corrected chi connectivity index (χ0v) is 19.3. The fourth-order valence-electron chi connectivity index (χ4n) is 3.89. The van der Waals surface area contributed by atoms with E-state index in [0.717, 1.165) is 40.9 Å². The molecule has 1 saturated heterocycles. The quantitative estimate of drug-likeness (QED) is 0.597. The molecule has 2 aromatic rings. The number of rotatable bonds is 8. The number of thioether (sulfide) groups is 1. The molecule has 0 atom stereocenters. The number of imide groups is 1. The number of hydrogen-bond acceptors (Lipinski definition) is 7. The van der Waals surface area contributed by atoms with Crippen LogP contribution in [0.1, 0.15) is 11.1 Å². The molecule has 4 rings (SSSR count). The third kappa shape index (κ3) is 4.98. The number of nitrogens with zero attached hydrogens (tertiary/aromatic N) is 2. The van der Waals surface area contributed by atoms with Crippen molar-refractivity contribution in [2.45, 2.75) is 6.42 Å². The molecular weight excluding hydrogens is 442 g/mol. The van der Waals surface area contributed by atoms with Crippen molar-refractivity contribution in [2.24, 2.45) is 0 Å². The summed E-state index contributed by atoms with van der Waals surface area (Å²) >= 11 is 0.883. The summed E-state index contributed by atoms with van der Waals surface area (Å²) in [5, 5.41) is 2.46. The maximum absolute atomic E-state index is 12.7. The molecule has 2 aliphatic heterocycles. The largest absolute Gasteiger partial charge is 0.493 e. The second-order valence-electron chi connectivity index (χ2n) is 7.60. The zero-order chi connectivity index (χ0) is 23.4. The van der Waals surface area contributed by atoms with Gasteiger partial charge in [-0.25, -0.2) is 0 Å².